The minimum atomic E-state index is -1.61. The summed E-state index contributed by atoms with van der Waals surface area (Å²) in [7, 11) is 0. The van der Waals surface area contributed by atoms with Gasteiger partial charge in [-0.2, -0.15) is 0 Å². The van der Waals surface area contributed by atoms with Crippen LogP contribution in [0.3, 0.4) is 0 Å². The first-order chi connectivity index (χ1) is 41.7. The maximum Gasteiger partial charge on any atom is 0.306 e. The third-order valence-corrected chi connectivity index (χ3v) is 17.9. The summed E-state index contributed by atoms with van der Waals surface area (Å²) < 4.78 is 17.7. The average Bonchev–Trinajstić information content (AvgIpc) is 2.50. The number of unbranched alkanes of at least 4 members (excludes halogenated alkanes) is 49. The molecule has 11 heteroatoms. The van der Waals surface area contributed by atoms with E-state index in [1.165, 1.54) is 270 Å². The predicted molar refractivity (Wildman–Crippen MR) is 357 cm³/mol. The Morgan fingerprint density at radius 3 is 1.14 bits per heavy atom. The van der Waals surface area contributed by atoms with Crippen LogP contribution in [0.4, 0.5) is 0 Å². The topological polar surface area (TPSA) is 175 Å². The smallest absolute Gasteiger partial charge is 0.306 e. The zero-order chi connectivity index (χ0) is 61.7. The van der Waals surface area contributed by atoms with Crippen LogP contribution in [0.5, 0.6) is 0 Å². The molecule has 1 heterocycles. The van der Waals surface area contributed by atoms with Gasteiger partial charge in [-0.1, -0.05) is 340 Å². The quantitative estimate of drug-likeness (QED) is 0.0195. The molecule has 1 rings (SSSR count). The fraction of sp³-hybridized carbons (Fsp3) is 0.919. The number of hydrogen-bond donors (Lipinski definition) is 6. The van der Waals surface area contributed by atoms with Crippen LogP contribution >= 0.6 is 0 Å². The summed E-state index contributed by atoms with van der Waals surface area (Å²) in [5.41, 5.74) is 0. The number of amides is 1. The molecule has 1 fully saturated rings. The molecule has 1 aliphatic rings. The molecule has 11 nitrogen and oxygen atoms in total. The van der Waals surface area contributed by atoms with E-state index in [9.17, 15) is 35.1 Å². The number of carbonyl (C=O) groups is 2. The number of aliphatic hydroxyl groups is 5. The Labute approximate surface area is 524 Å². The van der Waals surface area contributed by atoms with Gasteiger partial charge in [0.1, 0.15) is 24.4 Å². The van der Waals surface area contributed by atoms with Crippen molar-refractivity contribution in [2.45, 2.75) is 423 Å². The molecule has 0 aromatic rings. The summed E-state index contributed by atoms with van der Waals surface area (Å²) in [6.45, 7) is 5.85. The van der Waals surface area contributed by atoms with E-state index in [1.807, 2.05) is 6.08 Å². The van der Waals surface area contributed by atoms with Crippen molar-refractivity contribution in [3.8, 4) is 0 Å². The molecule has 1 saturated heterocycles. The normalized spacial score (nSPS) is 18.4. The summed E-state index contributed by atoms with van der Waals surface area (Å²) in [5.74, 6) is -1.17. The molecule has 0 aromatic heterocycles. The maximum absolute atomic E-state index is 13.5. The Morgan fingerprint density at radius 1 is 0.447 bits per heavy atom. The molecule has 1 aliphatic heterocycles. The molecular weight excluding hydrogens is 1060 g/mol. The molecule has 0 bridgehead atoms. The standard InChI is InChI=1S/C74H141NO10/c1-4-7-10-13-16-19-22-25-27-29-30-31-32-33-34-35-36-37-38-39-41-44-47-50-53-56-59-62-69(79)85-72-71(81)70(80)68(63-76)84-74(72)83-64-65(66(77)60-57-54-51-48-45-42-24-21-18-15-12-9-6-3)75-73(82)67(78)61-58-55-52-49-46-43-40-28-26-23-20-17-14-11-8-5-2/h25,27,57,60,65-68,70-72,74,76-78,80-81H,4-24,26,28-56,58-59,61-64H2,1-3H3,(H,75,82)/b27-25+,60-57+. The Kier molecular flexibility index (Phi) is 59.5. The third-order valence-electron chi connectivity index (χ3n) is 17.9. The van der Waals surface area contributed by atoms with Gasteiger partial charge in [0.2, 0.25) is 5.91 Å². The Balaban J connectivity index is 2.52. The van der Waals surface area contributed by atoms with Crippen molar-refractivity contribution in [2.24, 2.45) is 0 Å². The van der Waals surface area contributed by atoms with Gasteiger partial charge in [-0.25, -0.2) is 0 Å². The number of nitrogens with one attached hydrogen (secondary N) is 1. The van der Waals surface area contributed by atoms with Crippen LogP contribution in [0, 0.1) is 0 Å². The van der Waals surface area contributed by atoms with E-state index >= 15 is 0 Å². The van der Waals surface area contributed by atoms with Crippen LogP contribution in [0.2, 0.25) is 0 Å². The van der Waals surface area contributed by atoms with Gasteiger partial charge in [-0.05, 0) is 51.4 Å². The van der Waals surface area contributed by atoms with E-state index in [-0.39, 0.29) is 13.0 Å². The van der Waals surface area contributed by atoms with Crippen molar-refractivity contribution in [1.82, 2.24) is 5.32 Å². The molecule has 1 amide bonds. The lowest BCUT2D eigenvalue weighted by molar-refractivity contribution is -0.305. The third kappa shape index (κ3) is 49.6. The van der Waals surface area contributed by atoms with Crippen molar-refractivity contribution in [1.29, 1.82) is 0 Å². The highest BCUT2D eigenvalue weighted by molar-refractivity contribution is 5.80. The highest BCUT2D eigenvalue weighted by atomic mass is 16.7. The SMILES string of the molecule is CCCCCCCC/C=C/CCCCCCCCCCCCCCCCCCCC(=O)OC1C(OCC(NC(=O)C(O)CCCCCCCCCCCCCCCCCC)C(O)/C=C/CCCCCCCCCCCCC)OC(CO)C(O)C1O. The Morgan fingerprint density at radius 2 is 0.776 bits per heavy atom. The first kappa shape index (κ1) is 81.2. The summed E-state index contributed by atoms with van der Waals surface area (Å²) in [6.07, 6.45) is 65.1. The van der Waals surface area contributed by atoms with E-state index in [0.29, 0.717) is 19.3 Å². The predicted octanol–water partition coefficient (Wildman–Crippen LogP) is 19.2. The molecule has 0 saturated carbocycles. The Bertz CT molecular complexity index is 1480. The van der Waals surface area contributed by atoms with Crippen LogP contribution in [0.1, 0.15) is 374 Å². The first-order valence-electron chi connectivity index (χ1n) is 37.1. The van der Waals surface area contributed by atoms with Crippen LogP contribution < -0.4 is 5.32 Å². The second-order valence-electron chi connectivity index (χ2n) is 26.0. The van der Waals surface area contributed by atoms with Crippen LogP contribution in [-0.4, -0.2) is 99.6 Å². The number of aliphatic hydroxyl groups excluding tert-OH is 5. The number of allylic oxidation sites excluding steroid dienone is 3. The molecule has 8 atom stereocenters. The van der Waals surface area contributed by atoms with Gasteiger partial charge in [0.05, 0.1) is 25.4 Å². The van der Waals surface area contributed by atoms with Gasteiger partial charge in [0.25, 0.3) is 0 Å². The van der Waals surface area contributed by atoms with E-state index in [4.69, 9.17) is 14.2 Å². The lowest BCUT2D eigenvalue weighted by atomic mass is 9.99. The van der Waals surface area contributed by atoms with Gasteiger partial charge < -0.3 is 45.1 Å². The van der Waals surface area contributed by atoms with Crippen molar-refractivity contribution < 1.29 is 49.3 Å². The Hall–Kier alpha value is -1.86. The van der Waals surface area contributed by atoms with Crippen LogP contribution in [0.15, 0.2) is 24.3 Å². The van der Waals surface area contributed by atoms with E-state index in [2.05, 4.69) is 38.2 Å². The van der Waals surface area contributed by atoms with Crippen LogP contribution in [0.25, 0.3) is 0 Å². The second kappa shape index (κ2) is 62.3. The molecule has 0 spiro atoms. The van der Waals surface area contributed by atoms with Gasteiger partial charge in [0.15, 0.2) is 12.4 Å². The number of esters is 1. The molecule has 502 valence electrons. The van der Waals surface area contributed by atoms with Gasteiger partial charge in [-0.15, -0.1) is 0 Å². The molecule has 0 radical (unpaired) electrons. The summed E-state index contributed by atoms with van der Waals surface area (Å²) in [5, 5.41) is 57.3. The highest BCUT2D eigenvalue weighted by Gasteiger charge is 2.47. The zero-order valence-electron chi connectivity index (χ0n) is 56.0. The van der Waals surface area contributed by atoms with E-state index < -0.39 is 67.4 Å². The van der Waals surface area contributed by atoms with Crippen molar-refractivity contribution in [3.63, 3.8) is 0 Å². The van der Waals surface area contributed by atoms with Crippen LogP contribution in [-0.2, 0) is 23.8 Å². The molecule has 85 heavy (non-hydrogen) atoms. The summed E-state index contributed by atoms with van der Waals surface area (Å²) in [6, 6.07) is -1.02. The second-order valence-corrected chi connectivity index (χ2v) is 26.0. The van der Waals surface area contributed by atoms with Crippen molar-refractivity contribution in [2.75, 3.05) is 13.2 Å². The van der Waals surface area contributed by atoms with Gasteiger partial charge >= 0.3 is 5.97 Å². The lowest BCUT2D eigenvalue weighted by Gasteiger charge is -2.41. The summed E-state index contributed by atoms with van der Waals surface area (Å²) in [4.78, 5) is 26.7. The monoisotopic (exact) mass is 1200 g/mol. The van der Waals surface area contributed by atoms with Gasteiger partial charge in [-0.3, -0.25) is 9.59 Å². The molecule has 0 aromatic carbocycles. The van der Waals surface area contributed by atoms with E-state index in [1.54, 1.807) is 6.08 Å². The number of hydrogen-bond acceptors (Lipinski definition) is 10. The van der Waals surface area contributed by atoms with Crippen molar-refractivity contribution >= 4 is 11.9 Å². The maximum atomic E-state index is 13.5. The fourth-order valence-corrected chi connectivity index (χ4v) is 12.0. The zero-order valence-corrected chi connectivity index (χ0v) is 56.0. The van der Waals surface area contributed by atoms with Gasteiger partial charge in [0, 0.05) is 6.42 Å². The first-order valence-corrected chi connectivity index (χ1v) is 37.1. The molecule has 0 aliphatic carbocycles. The fourth-order valence-electron chi connectivity index (χ4n) is 12.0. The number of rotatable bonds is 65. The summed E-state index contributed by atoms with van der Waals surface area (Å²) >= 11 is 0. The van der Waals surface area contributed by atoms with E-state index in [0.717, 1.165) is 57.8 Å². The molecule has 8 unspecified atom stereocenters. The number of carbonyl (C=O) groups excluding carboxylic acids is 2. The highest BCUT2D eigenvalue weighted by Crippen LogP contribution is 2.27. The average molecular weight is 1200 g/mol. The lowest BCUT2D eigenvalue weighted by Crippen LogP contribution is -2.61. The van der Waals surface area contributed by atoms with Crippen molar-refractivity contribution in [3.05, 3.63) is 24.3 Å². The minimum absolute atomic E-state index is 0.130. The molecular formula is C74H141NO10. The minimum Gasteiger partial charge on any atom is -0.454 e. The molecule has 6 N–H and O–H groups in total. The largest absolute Gasteiger partial charge is 0.454 e. The number of ether oxygens (including phenoxy) is 3.